The maximum Gasteiger partial charge on any atom is 0.506 e. The van der Waals surface area contributed by atoms with Crippen LogP contribution in [0.25, 0.3) is 0 Å². The van der Waals surface area contributed by atoms with Gasteiger partial charge >= 0.3 is 6.16 Å². The van der Waals surface area contributed by atoms with Gasteiger partial charge in [0, 0.05) is 13.0 Å². The quantitative estimate of drug-likeness (QED) is 0.411. The average Bonchev–Trinajstić information content (AvgIpc) is 2.32. The minimum absolute atomic E-state index is 0.0189. The predicted molar refractivity (Wildman–Crippen MR) is 71.8 cm³/mol. The van der Waals surface area contributed by atoms with E-state index in [1.54, 1.807) is 0 Å². The third kappa shape index (κ3) is 11.7. The summed E-state index contributed by atoms with van der Waals surface area (Å²) in [6.07, 6.45) is 9.35. The zero-order valence-corrected chi connectivity index (χ0v) is 11.6. The van der Waals surface area contributed by atoms with E-state index in [0.29, 0.717) is 6.42 Å². The van der Waals surface area contributed by atoms with E-state index in [1.165, 1.54) is 38.5 Å². The van der Waals surface area contributed by atoms with Crippen LogP contribution in [-0.2, 0) is 4.74 Å². The van der Waals surface area contributed by atoms with Gasteiger partial charge in [0.2, 0.25) is 0 Å². The summed E-state index contributed by atoms with van der Waals surface area (Å²) in [5.74, 6) is 0. The van der Waals surface area contributed by atoms with E-state index < -0.39 is 6.16 Å². The molecule has 0 saturated heterocycles. The molecule has 18 heavy (non-hydrogen) atoms. The molecule has 0 aromatic rings. The van der Waals surface area contributed by atoms with Crippen molar-refractivity contribution in [3.05, 3.63) is 0 Å². The zero-order chi connectivity index (χ0) is 13.6. The Balaban J connectivity index is 3.40. The normalized spacial score (nSPS) is 12.3. The molecule has 0 heterocycles. The number of unbranched alkanes of at least 4 members (excludes halogenated alkanes) is 7. The van der Waals surface area contributed by atoms with Crippen LogP contribution in [0.1, 0.15) is 71.1 Å². The number of hydrogen-bond acceptors (Lipinski definition) is 3. The highest BCUT2D eigenvalue weighted by atomic mass is 16.7. The van der Waals surface area contributed by atoms with Crippen molar-refractivity contribution in [2.45, 2.75) is 77.2 Å². The average molecular weight is 260 g/mol. The molecular formula is C14H28O4. The minimum Gasteiger partial charge on any atom is -0.450 e. The molecule has 1 unspecified atom stereocenters. The highest BCUT2D eigenvalue weighted by Gasteiger charge is 2.12. The largest absolute Gasteiger partial charge is 0.506 e. The summed E-state index contributed by atoms with van der Waals surface area (Å²) in [7, 11) is 0. The number of ether oxygens (including phenoxy) is 1. The van der Waals surface area contributed by atoms with E-state index in [4.69, 9.17) is 14.9 Å². The molecule has 0 aromatic heterocycles. The Morgan fingerprint density at radius 3 is 2.06 bits per heavy atom. The first kappa shape index (κ1) is 17.2. The van der Waals surface area contributed by atoms with Crippen LogP contribution in [0.4, 0.5) is 4.79 Å². The third-order valence-corrected chi connectivity index (χ3v) is 3.10. The lowest BCUT2D eigenvalue weighted by Crippen LogP contribution is -2.18. The lowest BCUT2D eigenvalue weighted by Gasteiger charge is -2.14. The van der Waals surface area contributed by atoms with Crippen molar-refractivity contribution in [1.82, 2.24) is 0 Å². The molecular weight excluding hydrogens is 232 g/mol. The molecule has 0 bridgehead atoms. The fourth-order valence-electron chi connectivity index (χ4n) is 2.05. The fraction of sp³-hybridized carbons (Fsp3) is 0.929. The van der Waals surface area contributed by atoms with Crippen molar-refractivity contribution in [3.8, 4) is 0 Å². The van der Waals surface area contributed by atoms with Crippen LogP contribution >= 0.6 is 0 Å². The lowest BCUT2D eigenvalue weighted by atomic mass is 10.0. The van der Waals surface area contributed by atoms with Gasteiger partial charge in [0.1, 0.15) is 6.10 Å². The third-order valence-electron chi connectivity index (χ3n) is 3.10. The van der Waals surface area contributed by atoms with Gasteiger partial charge in [-0.2, -0.15) is 0 Å². The molecule has 108 valence electrons. The van der Waals surface area contributed by atoms with Gasteiger partial charge in [0.15, 0.2) is 0 Å². The molecule has 0 aliphatic heterocycles. The van der Waals surface area contributed by atoms with Gasteiger partial charge in [-0.1, -0.05) is 51.9 Å². The van der Waals surface area contributed by atoms with Gasteiger partial charge in [0.05, 0.1) is 0 Å². The summed E-state index contributed by atoms with van der Waals surface area (Å²) >= 11 is 0. The Morgan fingerprint density at radius 2 is 1.56 bits per heavy atom. The van der Waals surface area contributed by atoms with Gasteiger partial charge in [-0.25, -0.2) is 4.79 Å². The Bertz CT molecular complexity index is 194. The zero-order valence-electron chi connectivity index (χ0n) is 11.6. The van der Waals surface area contributed by atoms with Crippen LogP contribution in [0.5, 0.6) is 0 Å². The molecule has 0 amide bonds. The molecule has 2 N–H and O–H groups in total. The Labute approximate surface area is 110 Å². The molecule has 0 spiro atoms. The van der Waals surface area contributed by atoms with Crippen molar-refractivity contribution in [2.24, 2.45) is 0 Å². The van der Waals surface area contributed by atoms with E-state index in [0.717, 1.165) is 19.3 Å². The first-order valence-corrected chi connectivity index (χ1v) is 7.21. The lowest BCUT2D eigenvalue weighted by molar-refractivity contribution is 0.0360. The fourth-order valence-corrected chi connectivity index (χ4v) is 2.05. The Kier molecular flexibility index (Phi) is 12.1. The van der Waals surface area contributed by atoms with Gasteiger partial charge in [-0.05, 0) is 12.8 Å². The van der Waals surface area contributed by atoms with Gasteiger partial charge in [0.25, 0.3) is 0 Å². The van der Waals surface area contributed by atoms with Crippen LogP contribution in [0.15, 0.2) is 0 Å². The number of aliphatic hydroxyl groups is 1. The number of hydrogen-bond donors (Lipinski definition) is 2. The monoisotopic (exact) mass is 260 g/mol. The van der Waals surface area contributed by atoms with Crippen LogP contribution in [-0.4, -0.2) is 29.1 Å². The summed E-state index contributed by atoms with van der Waals surface area (Å²) in [6, 6.07) is 0. The first-order chi connectivity index (χ1) is 8.70. The maximum atomic E-state index is 10.4. The molecule has 4 nitrogen and oxygen atoms in total. The Hall–Kier alpha value is -0.770. The standard InChI is InChI=1S/C14H28O4/c1-2-3-4-5-6-7-8-9-10-13(11-12-15)18-14(16)17/h13,15H,2-12H2,1H3,(H,16,17). The van der Waals surface area contributed by atoms with Crippen molar-refractivity contribution in [1.29, 1.82) is 0 Å². The molecule has 0 rings (SSSR count). The minimum atomic E-state index is -1.24. The molecule has 0 saturated carbocycles. The summed E-state index contributed by atoms with van der Waals surface area (Å²) in [6.45, 7) is 2.19. The number of aliphatic hydroxyl groups excluding tert-OH is 1. The first-order valence-electron chi connectivity index (χ1n) is 7.21. The van der Waals surface area contributed by atoms with Gasteiger partial charge < -0.3 is 14.9 Å². The van der Waals surface area contributed by atoms with Crippen LogP contribution < -0.4 is 0 Å². The van der Waals surface area contributed by atoms with E-state index in [-0.39, 0.29) is 12.7 Å². The smallest absolute Gasteiger partial charge is 0.450 e. The molecule has 0 aliphatic rings. The Morgan fingerprint density at radius 1 is 1.00 bits per heavy atom. The SMILES string of the molecule is CCCCCCCCCCC(CCO)OC(=O)O. The van der Waals surface area contributed by atoms with Crippen LogP contribution in [0, 0.1) is 0 Å². The second kappa shape index (κ2) is 12.7. The predicted octanol–water partition coefficient (Wildman–Crippen LogP) is 3.96. The molecule has 0 fully saturated rings. The summed E-state index contributed by atoms with van der Waals surface area (Å²) in [5, 5.41) is 17.3. The molecule has 0 radical (unpaired) electrons. The van der Waals surface area contributed by atoms with Gasteiger partial charge in [-0.3, -0.25) is 0 Å². The summed E-state index contributed by atoms with van der Waals surface area (Å²) < 4.78 is 4.71. The van der Waals surface area contributed by atoms with Crippen LogP contribution in [0.3, 0.4) is 0 Å². The maximum absolute atomic E-state index is 10.4. The van der Waals surface area contributed by atoms with E-state index in [1.807, 2.05) is 0 Å². The van der Waals surface area contributed by atoms with Crippen molar-refractivity contribution in [2.75, 3.05) is 6.61 Å². The number of rotatable bonds is 12. The van der Waals surface area contributed by atoms with E-state index >= 15 is 0 Å². The van der Waals surface area contributed by atoms with Crippen molar-refractivity contribution in [3.63, 3.8) is 0 Å². The highest BCUT2D eigenvalue weighted by Crippen LogP contribution is 2.13. The van der Waals surface area contributed by atoms with Crippen molar-refractivity contribution < 1.29 is 19.7 Å². The molecule has 4 heteroatoms. The topological polar surface area (TPSA) is 66.8 Å². The highest BCUT2D eigenvalue weighted by molar-refractivity contribution is 5.57. The second-order valence-electron chi connectivity index (χ2n) is 4.78. The molecule has 0 aliphatic carbocycles. The van der Waals surface area contributed by atoms with Crippen LogP contribution in [0.2, 0.25) is 0 Å². The molecule has 1 atom stereocenters. The van der Waals surface area contributed by atoms with E-state index in [9.17, 15) is 4.79 Å². The summed E-state index contributed by atoms with van der Waals surface area (Å²) in [4.78, 5) is 10.4. The van der Waals surface area contributed by atoms with E-state index in [2.05, 4.69) is 6.92 Å². The number of carboxylic acid groups (broad SMARTS) is 1. The van der Waals surface area contributed by atoms with Gasteiger partial charge in [-0.15, -0.1) is 0 Å². The summed E-state index contributed by atoms with van der Waals surface area (Å²) in [5.41, 5.74) is 0. The van der Waals surface area contributed by atoms with Crippen molar-refractivity contribution >= 4 is 6.16 Å². The molecule has 0 aromatic carbocycles. The second-order valence-corrected chi connectivity index (χ2v) is 4.78. The number of carbonyl (C=O) groups is 1.